The fourth-order valence-corrected chi connectivity index (χ4v) is 3.34. The molecule has 0 unspecified atom stereocenters. The largest absolute Gasteiger partial charge is 0.299 e. The van der Waals surface area contributed by atoms with Crippen molar-refractivity contribution in [1.29, 1.82) is 0 Å². The molecule has 2 aromatic carbocycles. The third-order valence-corrected chi connectivity index (χ3v) is 4.99. The number of piperidine rings is 1. The maximum atomic E-state index is 13.0. The first-order valence-electron chi connectivity index (χ1n) is 8.55. The lowest BCUT2D eigenvalue weighted by atomic mass is 9.91. The number of rotatable bonds is 5. The van der Waals surface area contributed by atoms with E-state index in [1.165, 1.54) is 12.1 Å². The average Bonchev–Trinajstić information content (AvgIpc) is 2.63. The molecule has 1 heterocycles. The molecule has 3 rings (SSSR count). The molecule has 1 aliphatic heterocycles. The fourth-order valence-electron chi connectivity index (χ4n) is 3.14. The van der Waals surface area contributed by atoms with Crippen molar-refractivity contribution >= 4 is 23.5 Å². The highest BCUT2D eigenvalue weighted by molar-refractivity contribution is 6.32. The molecule has 0 aromatic heterocycles. The van der Waals surface area contributed by atoms with Crippen LogP contribution in [0.15, 0.2) is 54.6 Å². The van der Waals surface area contributed by atoms with Crippen LogP contribution < -0.4 is 0 Å². The van der Waals surface area contributed by atoms with E-state index in [0.29, 0.717) is 5.02 Å². The highest BCUT2D eigenvalue weighted by Crippen LogP contribution is 2.22. The van der Waals surface area contributed by atoms with Crippen molar-refractivity contribution in [3.05, 3.63) is 76.6 Å². The first kappa shape index (κ1) is 17.8. The van der Waals surface area contributed by atoms with Crippen LogP contribution in [0.1, 0.15) is 24.0 Å². The van der Waals surface area contributed by atoms with E-state index in [1.54, 1.807) is 12.2 Å². The van der Waals surface area contributed by atoms with Crippen molar-refractivity contribution in [3.63, 3.8) is 0 Å². The normalized spacial score (nSPS) is 16.4. The lowest BCUT2D eigenvalue weighted by Gasteiger charge is -2.30. The molecular weight excluding hydrogens is 337 g/mol. The minimum Gasteiger partial charge on any atom is -0.299 e. The number of allylic oxidation sites excluding steroid dienone is 1. The third-order valence-electron chi connectivity index (χ3n) is 4.64. The van der Waals surface area contributed by atoms with Crippen LogP contribution in [-0.4, -0.2) is 23.8 Å². The van der Waals surface area contributed by atoms with E-state index in [0.717, 1.165) is 43.6 Å². The van der Waals surface area contributed by atoms with Crippen molar-refractivity contribution in [2.45, 2.75) is 19.4 Å². The maximum Gasteiger partial charge on any atom is 0.158 e. The van der Waals surface area contributed by atoms with Crippen LogP contribution in [0.25, 0.3) is 6.08 Å². The molecule has 1 fully saturated rings. The van der Waals surface area contributed by atoms with Gasteiger partial charge in [0.25, 0.3) is 0 Å². The molecule has 2 nitrogen and oxygen atoms in total. The van der Waals surface area contributed by atoms with E-state index in [-0.39, 0.29) is 17.5 Å². The van der Waals surface area contributed by atoms with Gasteiger partial charge in [-0.05, 0) is 67.4 Å². The number of hydrogen-bond acceptors (Lipinski definition) is 2. The van der Waals surface area contributed by atoms with Gasteiger partial charge in [0.1, 0.15) is 5.82 Å². The Bertz CT molecular complexity index is 749. The Hall–Kier alpha value is -1.97. The number of halogens is 2. The van der Waals surface area contributed by atoms with Crippen LogP contribution in [0.5, 0.6) is 0 Å². The smallest absolute Gasteiger partial charge is 0.158 e. The van der Waals surface area contributed by atoms with Gasteiger partial charge in [0.2, 0.25) is 0 Å². The Morgan fingerprint density at radius 1 is 1.12 bits per heavy atom. The van der Waals surface area contributed by atoms with Crippen LogP contribution in [0.4, 0.5) is 4.39 Å². The van der Waals surface area contributed by atoms with Gasteiger partial charge in [-0.1, -0.05) is 41.9 Å². The molecule has 1 aliphatic rings. The molecule has 0 atom stereocenters. The topological polar surface area (TPSA) is 20.3 Å². The van der Waals surface area contributed by atoms with Crippen LogP contribution >= 0.6 is 11.6 Å². The van der Waals surface area contributed by atoms with Gasteiger partial charge in [-0.3, -0.25) is 9.69 Å². The Balaban J connectivity index is 1.50. The molecule has 0 saturated carbocycles. The number of ketones is 1. The van der Waals surface area contributed by atoms with Gasteiger partial charge in [-0.25, -0.2) is 4.39 Å². The van der Waals surface area contributed by atoms with Crippen molar-refractivity contribution in [1.82, 2.24) is 4.90 Å². The number of carbonyl (C=O) groups excluding carboxylic acids is 1. The zero-order valence-electron chi connectivity index (χ0n) is 14.0. The van der Waals surface area contributed by atoms with Crippen molar-refractivity contribution in [3.8, 4) is 0 Å². The van der Waals surface area contributed by atoms with Crippen molar-refractivity contribution in [2.24, 2.45) is 5.92 Å². The summed E-state index contributed by atoms with van der Waals surface area (Å²) in [6, 6.07) is 14.1. The summed E-state index contributed by atoms with van der Waals surface area (Å²) in [5, 5.41) is 0.653. The number of nitrogens with zero attached hydrogens (tertiary/aromatic N) is 1. The molecule has 1 saturated heterocycles. The molecule has 0 N–H and O–H groups in total. The highest BCUT2D eigenvalue weighted by atomic mass is 35.5. The van der Waals surface area contributed by atoms with Gasteiger partial charge < -0.3 is 0 Å². The Morgan fingerprint density at radius 2 is 1.80 bits per heavy atom. The molecule has 0 aliphatic carbocycles. The molecule has 2 aromatic rings. The second kappa shape index (κ2) is 8.41. The van der Waals surface area contributed by atoms with Gasteiger partial charge in [-0.15, -0.1) is 0 Å². The highest BCUT2D eigenvalue weighted by Gasteiger charge is 2.23. The molecule has 25 heavy (non-hydrogen) atoms. The van der Waals surface area contributed by atoms with E-state index in [4.69, 9.17) is 11.6 Å². The summed E-state index contributed by atoms with van der Waals surface area (Å²) in [6.45, 7) is 2.57. The first-order chi connectivity index (χ1) is 12.1. The molecule has 0 spiro atoms. The van der Waals surface area contributed by atoms with Crippen LogP contribution in [0.3, 0.4) is 0 Å². The standard InChI is InChI=1S/C21H21ClFNO/c22-20-4-2-1-3-17(20)7-10-21(25)18-11-13-24(14-12-18)15-16-5-8-19(23)9-6-16/h1-10,18H,11-15H2/b10-7+. The summed E-state index contributed by atoms with van der Waals surface area (Å²) in [5.74, 6) is 0.0305. The zero-order valence-corrected chi connectivity index (χ0v) is 14.8. The summed E-state index contributed by atoms with van der Waals surface area (Å²) < 4.78 is 13.0. The van der Waals surface area contributed by atoms with Gasteiger partial charge in [0.15, 0.2) is 5.78 Å². The third kappa shape index (κ3) is 5.00. The molecule has 0 radical (unpaired) electrons. The lowest BCUT2D eigenvalue weighted by molar-refractivity contribution is -0.119. The van der Waals surface area contributed by atoms with Crippen molar-refractivity contribution < 1.29 is 9.18 Å². The minimum atomic E-state index is -0.210. The SMILES string of the molecule is O=C(/C=C/c1ccccc1Cl)C1CCN(Cc2ccc(F)cc2)CC1. The van der Waals surface area contributed by atoms with Gasteiger partial charge in [0, 0.05) is 17.5 Å². The maximum absolute atomic E-state index is 13.0. The van der Waals surface area contributed by atoms with E-state index in [9.17, 15) is 9.18 Å². The fraction of sp³-hybridized carbons (Fsp3) is 0.286. The molecule has 0 bridgehead atoms. The Labute approximate surface area is 152 Å². The minimum absolute atomic E-state index is 0.0724. The Morgan fingerprint density at radius 3 is 2.48 bits per heavy atom. The monoisotopic (exact) mass is 357 g/mol. The number of carbonyl (C=O) groups is 1. The average molecular weight is 358 g/mol. The summed E-state index contributed by atoms with van der Waals surface area (Å²) >= 11 is 6.11. The molecule has 4 heteroatoms. The second-order valence-electron chi connectivity index (χ2n) is 6.43. The van der Waals surface area contributed by atoms with Gasteiger partial charge >= 0.3 is 0 Å². The summed E-state index contributed by atoms with van der Waals surface area (Å²) in [7, 11) is 0. The number of benzene rings is 2. The lowest BCUT2D eigenvalue weighted by Crippen LogP contribution is -2.35. The number of hydrogen-bond donors (Lipinski definition) is 0. The molecular formula is C21H21ClFNO. The van der Waals surface area contributed by atoms with Crippen LogP contribution in [0.2, 0.25) is 5.02 Å². The van der Waals surface area contributed by atoms with E-state index in [2.05, 4.69) is 4.90 Å². The van der Waals surface area contributed by atoms with Crippen molar-refractivity contribution in [2.75, 3.05) is 13.1 Å². The Kier molecular flexibility index (Phi) is 6.00. The van der Waals surface area contributed by atoms with Gasteiger partial charge in [-0.2, -0.15) is 0 Å². The zero-order chi connectivity index (χ0) is 17.6. The van der Waals surface area contributed by atoms with Crippen LogP contribution in [-0.2, 0) is 11.3 Å². The van der Waals surface area contributed by atoms with E-state index in [1.807, 2.05) is 36.4 Å². The summed E-state index contributed by atoms with van der Waals surface area (Å²) in [6.07, 6.45) is 5.16. The summed E-state index contributed by atoms with van der Waals surface area (Å²) in [5.41, 5.74) is 1.97. The number of likely N-dealkylation sites (tertiary alicyclic amines) is 1. The van der Waals surface area contributed by atoms with E-state index < -0.39 is 0 Å². The first-order valence-corrected chi connectivity index (χ1v) is 8.93. The predicted octanol–water partition coefficient (Wildman–Crippen LogP) is 4.97. The quantitative estimate of drug-likeness (QED) is 0.704. The predicted molar refractivity (Wildman–Crippen MR) is 99.9 cm³/mol. The summed E-state index contributed by atoms with van der Waals surface area (Å²) in [4.78, 5) is 14.7. The molecule has 0 amide bonds. The van der Waals surface area contributed by atoms with Gasteiger partial charge in [0.05, 0.1) is 0 Å². The molecule has 130 valence electrons. The van der Waals surface area contributed by atoms with E-state index >= 15 is 0 Å². The second-order valence-corrected chi connectivity index (χ2v) is 6.84. The van der Waals surface area contributed by atoms with Crippen LogP contribution in [0, 0.1) is 11.7 Å².